The van der Waals surface area contributed by atoms with Gasteiger partial charge in [-0.1, -0.05) is 0 Å². The molecule has 1 saturated carbocycles. The van der Waals surface area contributed by atoms with E-state index in [1.54, 1.807) is 24.9 Å². The Balaban J connectivity index is 2.41. The minimum Gasteiger partial charge on any atom is -0.339 e. The van der Waals surface area contributed by atoms with Crippen LogP contribution in [-0.2, 0) is 10.0 Å². The molecule has 0 heterocycles. The van der Waals surface area contributed by atoms with Crippen molar-refractivity contribution in [2.45, 2.75) is 44.6 Å². The highest BCUT2D eigenvalue weighted by atomic mass is 32.2. The van der Waals surface area contributed by atoms with E-state index >= 15 is 0 Å². The second-order valence-electron chi connectivity index (χ2n) is 6.12. The van der Waals surface area contributed by atoms with Gasteiger partial charge in [-0.25, -0.2) is 13.1 Å². The van der Waals surface area contributed by atoms with Gasteiger partial charge in [-0.05, 0) is 69.8 Å². The van der Waals surface area contributed by atoms with Crippen LogP contribution in [0, 0.1) is 19.8 Å². The maximum atomic E-state index is 12.7. The molecule has 1 aromatic carbocycles. The number of hydrogen-bond acceptors (Lipinski definition) is 3. The summed E-state index contributed by atoms with van der Waals surface area (Å²) < 4.78 is 26.6. The Morgan fingerprint density at radius 3 is 2.41 bits per heavy atom. The number of benzene rings is 1. The third kappa shape index (κ3) is 3.17. The molecule has 122 valence electrons. The number of sulfonamides is 1. The van der Waals surface area contributed by atoms with E-state index in [9.17, 15) is 13.2 Å². The first kappa shape index (κ1) is 17.0. The van der Waals surface area contributed by atoms with Gasteiger partial charge in [0, 0.05) is 18.7 Å². The van der Waals surface area contributed by atoms with Crippen LogP contribution in [0.1, 0.15) is 41.3 Å². The van der Waals surface area contributed by atoms with E-state index in [1.807, 2.05) is 13.8 Å². The van der Waals surface area contributed by atoms with Crippen molar-refractivity contribution in [3.63, 3.8) is 0 Å². The Labute approximate surface area is 132 Å². The molecule has 22 heavy (non-hydrogen) atoms. The summed E-state index contributed by atoms with van der Waals surface area (Å²) in [6.45, 7) is 5.62. The minimum absolute atomic E-state index is 0.130. The number of carbonyl (C=O) groups is 1. The Kier molecular flexibility index (Phi) is 4.63. The lowest BCUT2D eigenvalue weighted by Crippen LogP contribution is -2.36. The van der Waals surface area contributed by atoms with Crippen molar-refractivity contribution in [3.8, 4) is 0 Å². The van der Waals surface area contributed by atoms with Crippen LogP contribution >= 0.6 is 0 Å². The van der Waals surface area contributed by atoms with E-state index in [0.29, 0.717) is 17.0 Å². The van der Waals surface area contributed by atoms with E-state index in [1.165, 1.54) is 13.1 Å². The number of nitrogens with zero attached hydrogens (tertiary/aromatic N) is 1. The maximum absolute atomic E-state index is 12.7. The third-order valence-electron chi connectivity index (χ3n) is 4.66. The molecule has 1 N–H and O–H groups in total. The molecule has 6 heteroatoms. The van der Waals surface area contributed by atoms with E-state index in [-0.39, 0.29) is 16.8 Å². The van der Waals surface area contributed by atoms with Gasteiger partial charge in [0.15, 0.2) is 0 Å². The smallest absolute Gasteiger partial charge is 0.253 e. The highest BCUT2D eigenvalue weighted by Crippen LogP contribution is 2.35. The first-order chi connectivity index (χ1) is 10.2. The van der Waals surface area contributed by atoms with Gasteiger partial charge in [0.25, 0.3) is 5.91 Å². The Morgan fingerprint density at radius 2 is 1.91 bits per heavy atom. The zero-order valence-corrected chi connectivity index (χ0v) is 14.6. The zero-order valence-electron chi connectivity index (χ0n) is 13.8. The van der Waals surface area contributed by atoms with Crippen molar-refractivity contribution in [2.24, 2.45) is 5.92 Å². The van der Waals surface area contributed by atoms with Crippen LogP contribution in [0.25, 0.3) is 0 Å². The van der Waals surface area contributed by atoms with Crippen molar-refractivity contribution >= 4 is 15.9 Å². The van der Waals surface area contributed by atoms with Crippen LogP contribution in [0.15, 0.2) is 17.0 Å². The van der Waals surface area contributed by atoms with E-state index in [0.717, 1.165) is 18.4 Å². The van der Waals surface area contributed by atoms with Crippen LogP contribution in [0.3, 0.4) is 0 Å². The molecule has 0 saturated heterocycles. The van der Waals surface area contributed by atoms with E-state index in [2.05, 4.69) is 4.72 Å². The molecule has 2 rings (SSSR count). The second-order valence-corrected chi connectivity index (χ2v) is 7.97. The number of hydrogen-bond donors (Lipinski definition) is 1. The maximum Gasteiger partial charge on any atom is 0.253 e. The fraction of sp³-hybridized carbons (Fsp3) is 0.562. The molecule has 1 aromatic rings. The molecule has 1 aliphatic carbocycles. The quantitative estimate of drug-likeness (QED) is 0.902. The van der Waals surface area contributed by atoms with Crippen molar-refractivity contribution in [1.29, 1.82) is 0 Å². The molecular weight excluding hydrogens is 300 g/mol. The normalized spacial score (nSPS) is 16.4. The summed E-state index contributed by atoms with van der Waals surface area (Å²) in [5.74, 6) is 0.441. The molecule has 0 spiro atoms. The highest BCUT2D eigenvalue weighted by molar-refractivity contribution is 7.89. The summed E-state index contributed by atoms with van der Waals surface area (Å²) in [4.78, 5) is 14.6. The van der Waals surface area contributed by atoms with Crippen LogP contribution in [0.4, 0.5) is 0 Å². The predicted octanol–water partition coefficient (Wildman–Crippen LogP) is 2.08. The first-order valence-corrected chi connectivity index (χ1v) is 8.99. The molecule has 1 amide bonds. The van der Waals surface area contributed by atoms with Crippen molar-refractivity contribution in [3.05, 3.63) is 28.8 Å². The van der Waals surface area contributed by atoms with Crippen LogP contribution in [0.2, 0.25) is 0 Å². The zero-order chi connectivity index (χ0) is 16.7. The van der Waals surface area contributed by atoms with Gasteiger partial charge in [0.1, 0.15) is 0 Å². The molecule has 0 aliphatic heterocycles. The van der Waals surface area contributed by atoms with Crippen LogP contribution in [0.5, 0.6) is 0 Å². The summed E-state index contributed by atoms with van der Waals surface area (Å²) in [6.07, 6.45) is 2.32. The minimum atomic E-state index is -3.58. The monoisotopic (exact) mass is 324 g/mol. The fourth-order valence-corrected chi connectivity index (χ4v) is 3.69. The van der Waals surface area contributed by atoms with Gasteiger partial charge in [-0.2, -0.15) is 0 Å². The molecule has 1 aliphatic rings. The summed E-state index contributed by atoms with van der Waals surface area (Å²) in [7, 11) is -0.419. The summed E-state index contributed by atoms with van der Waals surface area (Å²) in [5.41, 5.74) is 1.89. The van der Waals surface area contributed by atoms with E-state index < -0.39 is 10.0 Å². The van der Waals surface area contributed by atoms with Gasteiger partial charge in [0.05, 0.1) is 4.90 Å². The summed E-state index contributed by atoms with van der Waals surface area (Å²) in [5, 5.41) is 0. The topological polar surface area (TPSA) is 66.5 Å². The molecule has 1 atom stereocenters. The molecule has 1 unspecified atom stereocenters. The third-order valence-corrected chi connectivity index (χ3v) is 6.20. The first-order valence-electron chi connectivity index (χ1n) is 7.51. The molecule has 0 aromatic heterocycles. The van der Waals surface area contributed by atoms with Gasteiger partial charge in [-0.3, -0.25) is 4.79 Å². The Hall–Kier alpha value is -1.40. The van der Waals surface area contributed by atoms with Crippen LogP contribution in [-0.4, -0.2) is 39.4 Å². The van der Waals surface area contributed by atoms with Crippen molar-refractivity contribution < 1.29 is 13.2 Å². The van der Waals surface area contributed by atoms with Gasteiger partial charge < -0.3 is 4.90 Å². The highest BCUT2D eigenvalue weighted by Gasteiger charge is 2.33. The fourth-order valence-electron chi connectivity index (χ4n) is 2.62. The Morgan fingerprint density at radius 1 is 1.32 bits per heavy atom. The summed E-state index contributed by atoms with van der Waals surface area (Å²) in [6, 6.07) is 3.42. The number of nitrogens with one attached hydrogen (secondary N) is 1. The second kappa shape index (κ2) is 6.01. The molecule has 0 bridgehead atoms. The average molecular weight is 324 g/mol. The number of amides is 1. The lowest BCUT2D eigenvalue weighted by atomic mass is 10.0. The van der Waals surface area contributed by atoms with Gasteiger partial charge >= 0.3 is 0 Å². The standard InChI is InChI=1S/C16H24N2O3S/c1-10-8-14(9-15(11(10)2)22(20,21)17-4)16(19)18(5)12(3)13-6-7-13/h8-9,12-13,17H,6-7H2,1-5H3. The lowest BCUT2D eigenvalue weighted by molar-refractivity contribution is 0.0727. The lowest BCUT2D eigenvalue weighted by Gasteiger charge is -2.25. The van der Waals surface area contributed by atoms with Crippen molar-refractivity contribution in [1.82, 2.24) is 9.62 Å². The van der Waals surface area contributed by atoms with Crippen LogP contribution < -0.4 is 4.72 Å². The van der Waals surface area contributed by atoms with Gasteiger partial charge in [-0.15, -0.1) is 0 Å². The predicted molar refractivity (Wildman–Crippen MR) is 86.4 cm³/mol. The molecule has 1 fully saturated rings. The number of rotatable bonds is 5. The summed E-state index contributed by atoms with van der Waals surface area (Å²) >= 11 is 0. The SMILES string of the molecule is CNS(=O)(=O)c1cc(C(=O)N(C)C(C)C2CC2)cc(C)c1C. The largest absolute Gasteiger partial charge is 0.339 e. The van der Waals surface area contributed by atoms with Crippen molar-refractivity contribution in [2.75, 3.05) is 14.1 Å². The average Bonchev–Trinajstić information content (AvgIpc) is 3.32. The Bertz CT molecular complexity index is 694. The van der Waals surface area contributed by atoms with Gasteiger partial charge in [0.2, 0.25) is 10.0 Å². The number of carbonyl (C=O) groups excluding carboxylic acids is 1. The molecule has 5 nitrogen and oxygen atoms in total. The molecular formula is C16H24N2O3S. The molecule has 0 radical (unpaired) electrons. The van der Waals surface area contributed by atoms with E-state index in [4.69, 9.17) is 0 Å². The number of aryl methyl sites for hydroxylation is 1.